The fourth-order valence-electron chi connectivity index (χ4n) is 5.23. The van der Waals surface area contributed by atoms with Crippen molar-refractivity contribution in [3.63, 3.8) is 0 Å². The molecule has 15 nitrogen and oxygen atoms in total. The van der Waals surface area contributed by atoms with Gasteiger partial charge in [0.25, 0.3) is 0 Å². The van der Waals surface area contributed by atoms with Crippen LogP contribution in [0.1, 0.15) is 11.7 Å². The molecule has 234 valence electrons. The lowest BCUT2D eigenvalue weighted by Gasteiger charge is -2.40. The van der Waals surface area contributed by atoms with E-state index in [-0.39, 0.29) is 33.8 Å². The molecule has 5 rings (SSSR count). The summed E-state index contributed by atoms with van der Waals surface area (Å²) in [6, 6.07) is 8.05. The molecule has 2 aliphatic rings. The van der Waals surface area contributed by atoms with Gasteiger partial charge < -0.3 is 69.3 Å². The summed E-state index contributed by atoms with van der Waals surface area (Å²) in [5, 5.41) is 90.9. The first-order valence-corrected chi connectivity index (χ1v) is 13.3. The average Bonchev–Trinajstić information content (AvgIpc) is 3.00. The molecule has 1 aromatic heterocycles. The number of aliphatic hydroxyl groups excluding tert-OH is 8. The number of rotatable bonds is 7. The minimum absolute atomic E-state index is 0.00427. The van der Waals surface area contributed by atoms with Crippen molar-refractivity contribution in [1.82, 2.24) is 0 Å². The van der Waals surface area contributed by atoms with Crippen LogP contribution in [-0.2, 0) is 9.47 Å². The number of methoxy groups -OCH3 is 1. The zero-order valence-corrected chi connectivity index (χ0v) is 22.6. The van der Waals surface area contributed by atoms with Gasteiger partial charge in [-0.15, -0.1) is 0 Å². The second-order valence-corrected chi connectivity index (χ2v) is 10.3. The van der Waals surface area contributed by atoms with E-state index in [9.17, 15) is 50.8 Å². The van der Waals surface area contributed by atoms with Crippen LogP contribution in [0.25, 0.3) is 22.3 Å². The molecule has 3 aromatic rings. The Morgan fingerprint density at radius 3 is 2.00 bits per heavy atom. The van der Waals surface area contributed by atoms with Gasteiger partial charge in [0, 0.05) is 17.7 Å². The Morgan fingerprint density at radius 2 is 1.40 bits per heavy atom. The van der Waals surface area contributed by atoms with Crippen LogP contribution in [0.4, 0.5) is 0 Å². The van der Waals surface area contributed by atoms with Gasteiger partial charge in [-0.3, -0.25) is 4.79 Å². The van der Waals surface area contributed by atoms with Gasteiger partial charge >= 0.3 is 0 Å². The maximum atomic E-state index is 13.2. The first-order chi connectivity index (χ1) is 20.5. The molecule has 2 aliphatic heterocycles. The van der Waals surface area contributed by atoms with Crippen LogP contribution in [0.2, 0.25) is 0 Å². The molecule has 9 N–H and O–H groups in total. The zero-order valence-electron chi connectivity index (χ0n) is 22.6. The van der Waals surface area contributed by atoms with Gasteiger partial charge in [-0.2, -0.15) is 0 Å². The minimum Gasteiger partial charge on any atom is -0.507 e. The number of hydrogen-bond donors (Lipinski definition) is 9. The summed E-state index contributed by atoms with van der Waals surface area (Å²) < 4.78 is 28.0. The fraction of sp³-hybridized carbons (Fsp3) is 0.464. The smallest absolute Gasteiger partial charge is 0.229 e. The van der Waals surface area contributed by atoms with E-state index in [1.54, 1.807) is 0 Å². The van der Waals surface area contributed by atoms with Gasteiger partial charge in [-0.1, -0.05) is 0 Å². The van der Waals surface area contributed by atoms with Crippen molar-refractivity contribution in [3.8, 4) is 28.6 Å². The van der Waals surface area contributed by atoms with Crippen LogP contribution < -0.4 is 14.9 Å². The molecule has 10 atom stereocenters. The predicted octanol–water partition coefficient (Wildman–Crippen LogP) is -2.13. The van der Waals surface area contributed by atoms with E-state index in [1.165, 1.54) is 31.4 Å². The molecule has 43 heavy (non-hydrogen) atoms. The van der Waals surface area contributed by atoms with E-state index in [2.05, 4.69) is 0 Å². The maximum Gasteiger partial charge on any atom is 0.229 e. The van der Waals surface area contributed by atoms with Crippen molar-refractivity contribution in [2.45, 2.75) is 61.2 Å². The zero-order chi connectivity index (χ0) is 31.2. The van der Waals surface area contributed by atoms with Crippen molar-refractivity contribution < 1.29 is 69.3 Å². The molecule has 2 saturated heterocycles. The summed E-state index contributed by atoms with van der Waals surface area (Å²) in [6.07, 6.45) is -15.3. The number of hydrogen-bond acceptors (Lipinski definition) is 15. The molecule has 0 aliphatic carbocycles. The standard InChI is InChI=1S/C28H32O15/c1-39-15-7-13(32)18-12(31)6-14(41-26(18)19(15)27-24(37)22(35)20(33)16(8-29)42-27)10-2-4-11(5-3-10)40-28-25(38)23(36)21(34)17(9-30)43-28/h2-7,16-17,20-25,27-30,32-38H,8-9H2,1H3. The van der Waals surface area contributed by atoms with Crippen LogP contribution in [-0.4, -0.2) is 121 Å². The number of aliphatic hydroxyl groups is 8. The summed E-state index contributed by atoms with van der Waals surface area (Å²) >= 11 is 0. The van der Waals surface area contributed by atoms with Crippen molar-refractivity contribution in [3.05, 3.63) is 52.2 Å². The minimum atomic E-state index is -1.74. The molecular weight excluding hydrogens is 576 g/mol. The summed E-state index contributed by atoms with van der Waals surface area (Å²) in [6.45, 7) is -1.33. The fourth-order valence-corrected chi connectivity index (χ4v) is 5.23. The van der Waals surface area contributed by atoms with E-state index in [0.717, 1.165) is 12.1 Å². The van der Waals surface area contributed by atoms with Gasteiger partial charge in [-0.25, -0.2) is 0 Å². The maximum absolute atomic E-state index is 13.2. The van der Waals surface area contributed by atoms with Crippen molar-refractivity contribution in [1.29, 1.82) is 0 Å². The molecule has 15 heteroatoms. The molecule has 0 amide bonds. The monoisotopic (exact) mass is 608 g/mol. The Balaban J connectivity index is 1.52. The highest BCUT2D eigenvalue weighted by Gasteiger charge is 2.47. The first-order valence-electron chi connectivity index (χ1n) is 13.3. The van der Waals surface area contributed by atoms with Crippen LogP contribution in [0.3, 0.4) is 0 Å². The quantitative estimate of drug-likeness (QED) is 0.139. The van der Waals surface area contributed by atoms with E-state index in [0.29, 0.717) is 5.56 Å². The number of fused-ring (bicyclic) bond motifs is 1. The molecule has 0 spiro atoms. The van der Waals surface area contributed by atoms with Crippen LogP contribution in [0.5, 0.6) is 17.2 Å². The summed E-state index contributed by atoms with van der Waals surface area (Å²) in [5.74, 6) is -0.422. The number of ether oxygens (including phenoxy) is 4. The SMILES string of the molecule is COc1cc(O)c2c(=O)cc(-c3ccc(OC4OC(CO)C(O)C(O)C4O)cc3)oc2c1C1OC(CO)C(O)C(O)C1O. The van der Waals surface area contributed by atoms with Crippen LogP contribution in [0, 0.1) is 0 Å². The molecular formula is C28H32O15. The van der Waals surface area contributed by atoms with Crippen LogP contribution >= 0.6 is 0 Å². The second-order valence-electron chi connectivity index (χ2n) is 10.3. The Kier molecular flexibility index (Phi) is 8.92. The molecule has 2 fully saturated rings. The highest BCUT2D eigenvalue weighted by Crippen LogP contribution is 2.44. The Labute approximate surface area is 242 Å². The lowest BCUT2D eigenvalue weighted by atomic mass is 9.89. The third kappa shape index (κ3) is 5.56. The molecule has 10 unspecified atom stereocenters. The number of aromatic hydroxyl groups is 1. The predicted molar refractivity (Wildman–Crippen MR) is 143 cm³/mol. The van der Waals surface area contributed by atoms with Crippen molar-refractivity contribution >= 4 is 11.0 Å². The summed E-state index contributed by atoms with van der Waals surface area (Å²) in [5.41, 5.74) is -0.648. The largest absolute Gasteiger partial charge is 0.507 e. The highest BCUT2D eigenvalue weighted by atomic mass is 16.7. The normalized spacial score (nSPS) is 33.0. The van der Waals surface area contributed by atoms with Gasteiger partial charge in [0.2, 0.25) is 6.29 Å². The second kappa shape index (κ2) is 12.3. The van der Waals surface area contributed by atoms with Gasteiger partial charge in [0.05, 0.1) is 25.9 Å². The number of benzene rings is 2. The van der Waals surface area contributed by atoms with E-state index in [1.807, 2.05) is 0 Å². The molecule has 0 radical (unpaired) electrons. The van der Waals surface area contributed by atoms with Gasteiger partial charge in [-0.05, 0) is 24.3 Å². The Hall–Kier alpha value is -3.35. The number of phenolic OH excluding ortho intramolecular Hbond substituents is 1. The molecule has 0 saturated carbocycles. The van der Waals surface area contributed by atoms with Crippen molar-refractivity contribution in [2.75, 3.05) is 20.3 Å². The van der Waals surface area contributed by atoms with E-state index < -0.39 is 85.6 Å². The number of phenols is 1. The van der Waals surface area contributed by atoms with Crippen molar-refractivity contribution in [2.24, 2.45) is 0 Å². The third-order valence-corrected chi connectivity index (χ3v) is 7.62. The Morgan fingerprint density at radius 1 is 0.791 bits per heavy atom. The van der Waals surface area contributed by atoms with E-state index >= 15 is 0 Å². The molecule has 3 heterocycles. The average molecular weight is 609 g/mol. The van der Waals surface area contributed by atoms with Gasteiger partial charge in [0.15, 0.2) is 11.0 Å². The molecule has 0 bridgehead atoms. The Bertz CT molecular complexity index is 1490. The summed E-state index contributed by atoms with van der Waals surface area (Å²) in [4.78, 5) is 13.2. The highest BCUT2D eigenvalue weighted by molar-refractivity contribution is 5.89. The summed E-state index contributed by atoms with van der Waals surface area (Å²) in [7, 11) is 1.25. The lowest BCUT2D eigenvalue weighted by Crippen LogP contribution is -2.60. The first kappa shape index (κ1) is 31.1. The third-order valence-electron chi connectivity index (χ3n) is 7.62. The topological polar surface area (TPSA) is 249 Å². The van der Waals surface area contributed by atoms with E-state index in [4.69, 9.17) is 23.4 Å². The van der Waals surface area contributed by atoms with Gasteiger partial charge in [0.1, 0.15) is 83.3 Å². The lowest BCUT2D eigenvalue weighted by molar-refractivity contribution is -0.277. The molecule has 2 aromatic carbocycles. The van der Waals surface area contributed by atoms with Crippen LogP contribution in [0.15, 0.2) is 45.6 Å².